The molecule has 2 fully saturated rings. The zero-order valence-corrected chi connectivity index (χ0v) is 19.8. The molecule has 0 aliphatic carbocycles. The van der Waals surface area contributed by atoms with E-state index in [-0.39, 0.29) is 18.0 Å². The smallest absolute Gasteiger partial charge is 0.164 e. The molecule has 0 amide bonds. The van der Waals surface area contributed by atoms with Gasteiger partial charge < -0.3 is 20.3 Å². The lowest BCUT2D eigenvalue weighted by Crippen LogP contribution is -2.38. The third-order valence-corrected chi connectivity index (χ3v) is 5.90. The molecule has 2 aromatic rings. The van der Waals surface area contributed by atoms with Gasteiger partial charge in [-0.25, -0.2) is 9.37 Å². The number of phenolic OH excluding ortho intramolecular Hbond substituents is 1. The number of morpholine rings is 2. The first kappa shape index (κ1) is 25.4. The molecule has 182 valence electrons. The van der Waals surface area contributed by atoms with Gasteiger partial charge in [-0.1, -0.05) is 26.0 Å². The Morgan fingerprint density at radius 2 is 1.55 bits per heavy atom. The number of halogens is 1. The quantitative estimate of drug-likeness (QED) is 0.679. The maximum atomic E-state index is 13.0. The zero-order valence-electron chi connectivity index (χ0n) is 19.8. The van der Waals surface area contributed by atoms with E-state index in [1.165, 1.54) is 18.6 Å². The molecule has 8 heteroatoms. The van der Waals surface area contributed by atoms with Gasteiger partial charge in [-0.2, -0.15) is 0 Å². The number of anilines is 1. The van der Waals surface area contributed by atoms with E-state index >= 15 is 0 Å². The summed E-state index contributed by atoms with van der Waals surface area (Å²) in [5.41, 5.74) is 7.53. The lowest BCUT2D eigenvalue weighted by atomic mass is 10.1. The minimum atomic E-state index is -0.588. The summed E-state index contributed by atoms with van der Waals surface area (Å²) in [4.78, 5) is 8.87. The first-order chi connectivity index (χ1) is 16.0. The lowest BCUT2D eigenvalue weighted by Gasteiger charge is -2.32. The van der Waals surface area contributed by atoms with Crippen LogP contribution in [0.5, 0.6) is 5.75 Å². The van der Waals surface area contributed by atoms with Gasteiger partial charge in [0, 0.05) is 37.9 Å². The molecule has 3 N–H and O–H groups in total. The Bertz CT molecular complexity index is 848. The standard InChI is InChI=1S/C13H18FNO2.C12H19N3O/c1-2-5-15-6-7-17-13(9-15)10-3-4-11(14)12(16)8-10;1-2-5-15-6-7-16-11(9-15)10-3-4-12(13)14-8-10/h3-4,8,13,16H,2,5-7,9H2,1H3;3-4,8,11H,2,5-7,9H2,1H3,(H2,13,14)/t13-;/m1./s1. The maximum Gasteiger partial charge on any atom is 0.164 e. The molecular weight excluding hydrogens is 423 g/mol. The average molecular weight is 461 g/mol. The van der Waals surface area contributed by atoms with Crippen molar-refractivity contribution in [2.75, 3.05) is 58.2 Å². The first-order valence-corrected chi connectivity index (χ1v) is 11.9. The van der Waals surface area contributed by atoms with Gasteiger partial charge in [-0.05, 0) is 49.7 Å². The van der Waals surface area contributed by atoms with Crippen molar-refractivity contribution < 1.29 is 19.0 Å². The van der Waals surface area contributed by atoms with Gasteiger partial charge in [-0.3, -0.25) is 9.80 Å². The predicted octanol–water partition coefficient (Wildman–Crippen LogP) is 3.76. The summed E-state index contributed by atoms with van der Waals surface area (Å²) in [5, 5.41) is 9.36. The molecule has 1 unspecified atom stereocenters. The molecule has 4 rings (SSSR count). The van der Waals surface area contributed by atoms with Crippen molar-refractivity contribution in [2.24, 2.45) is 0 Å². The number of hydrogen-bond acceptors (Lipinski definition) is 7. The Balaban J connectivity index is 0.000000186. The zero-order chi connectivity index (χ0) is 23.6. The van der Waals surface area contributed by atoms with Crippen molar-refractivity contribution in [3.8, 4) is 5.75 Å². The molecule has 2 atom stereocenters. The number of nitrogens with zero attached hydrogens (tertiary/aromatic N) is 3. The summed E-state index contributed by atoms with van der Waals surface area (Å²) in [6.07, 6.45) is 4.19. The number of ether oxygens (including phenoxy) is 2. The normalized spacial score (nSPS) is 21.9. The summed E-state index contributed by atoms with van der Waals surface area (Å²) in [6.45, 7) is 11.8. The van der Waals surface area contributed by atoms with Crippen LogP contribution < -0.4 is 5.73 Å². The van der Waals surface area contributed by atoms with Crippen molar-refractivity contribution in [2.45, 2.75) is 38.9 Å². The van der Waals surface area contributed by atoms with Crippen molar-refractivity contribution >= 4 is 5.82 Å². The van der Waals surface area contributed by atoms with Crippen LogP contribution in [0.15, 0.2) is 36.5 Å². The molecule has 33 heavy (non-hydrogen) atoms. The molecular formula is C25H37FN4O3. The lowest BCUT2D eigenvalue weighted by molar-refractivity contribution is -0.0300. The monoisotopic (exact) mass is 460 g/mol. The molecule has 2 aliphatic rings. The molecule has 0 spiro atoms. The van der Waals surface area contributed by atoms with Gasteiger partial charge in [0.25, 0.3) is 0 Å². The van der Waals surface area contributed by atoms with Gasteiger partial charge in [-0.15, -0.1) is 0 Å². The molecule has 3 heterocycles. The Kier molecular flexibility index (Phi) is 9.87. The van der Waals surface area contributed by atoms with Gasteiger partial charge in [0.15, 0.2) is 11.6 Å². The van der Waals surface area contributed by atoms with Gasteiger partial charge in [0.1, 0.15) is 5.82 Å². The van der Waals surface area contributed by atoms with Gasteiger partial charge in [0.05, 0.1) is 25.4 Å². The van der Waals surface area contributed by atoms with E-state index in [1.54, 1.807) is 6.07 Å². The molecule has 1 aromatic carbocycles. The molecule has 0 radical (unpaired) electrons. The van der Waals surface area contributed by atoms with E-state index in [9.17, 15) is 9.50 Å². The van der Waals surface area contributed by atoms with Crippen LogP contribution in [0, 0.1) is 5.82 Å². The second kappa shape index (κ2) is 12.8. The second-order valence-electron chi connectivity index (χ2n) is 8.55. The second-order valence-corrected chi connectivity index (χ2v) is 8.55. The molecule has 2 aliphatic heterocycles. The number of nitrogens with two attached hydrogens (primary N) is 1. The van der Waals surface area contributed by atoms with Gasteiger partial charge in [0.2, 0.25) is 0 Å². The average Bonchev–Trinajstić information content (AvgIpc) is 2.83. The van der Waals surface area contributed by atoms with Crippen molar-refractivity contribution in [3.63, 3.8) is 0 Å². The summed E-state index contributed by atoms with van der Waals surface area (Å²) in [7, 11) is 0. The SMILES string of the molecule is CCCN1CCOC(c2ccc(N)nc2)C1.CCCN1CCO[C@@H](c2ccc(F)c(O)c2)C1. The van der Waals surface area contributed by atoms with Crippen LogP contribution in [0.2, 0.25) is 0 Å². The minimum Gasteiger partial charge on any atom is -0.505 e. The first-order valence-electron chi connectivity index (χ1n) is 11.9. The fraction of sp³-hybridized carbons (Fsp3) is 0.560. The Morgan fingerprint density at radius 3 is 2.06 bits per heavy atom. The highest BCUT2D eigenvalue weighted by molar-refractivity contribution is 5.31. The van der Waals surface area contributed by atoms with E-state index in [2.05, 4.69) is 28.6 Å². The van der Waals surface area contributed by atoms with Crippen LogP contribution in [-0.2, 0) is 9.47 Å². The number of rotatable bonds is 6. The highest BCUT2D eigenvalue weighted by atomic mass is 19.1. The third kappa shape index (κ3) is 7.64. The Labute approximate surface area is 196 Å². The number of benzene rings is 1. The summed E-state index contributed by atoms with van der Waals surface area (Å²) < 4.78 is 24.4. The van der Waals surface area contributed by atoms with E-state index in [0.29, 0.717) is 12.4 Å². The van der Waals surface area contributed by atoms with E-state index in [0.717, 1.165) is 63.4 Å². The summed E-state index contributed by atoms with van der Waals surface area (Å²) in [5.74, 6) is -0.335. The van der Waals surface area contributed by atoms with Crippen LogP contribution in [0.25, 0.3) is 0 Å². The van der Waals surface area contributed by atoms with Crippen molar-refractivity contribution in [3.05, 3.63) is 53.5 Å². The molecule has 1 aromatic heterocycles. The van der Waals surface area contributed by atoms with E-state index in [1.807, 2.05) is 18.3 Å². The largest absolute Gasteiger partial charge is 0.505 e. The van der Waals surface area contributed by atoms with Crippen LogP contribution in [-0.4, -0.2) is 72.4 Å². The van der Waals surface area contributed by atoms with E-state index < -0.39 is 5.82 Å². The third-order valence-electron chi connectivity index (χ3n) is 5.90. The fourth-order valence-corrected chi connectivity index (χ4v) is 4.18. The van der Waals surface area contributed by atoms with Crippen molar-refractivity contribution in [1.29, 1.82) is 0 Å². The maximum absolute atomic E-state index is 13.0. The van der Waals surface area contributed by atoms with Crippen LogP contribution in [0.4, 0.5) is 10.2 Å². The fourth-order valence-electron chi connectivity index (χ4n) is 4.18. The molecule has 7 nitrogen and oxygen atoms in total. The van der Waals surface area contributed by atoms with Crippen LogP contribution >= 0.6 is 0 Å². The van der Waals surface area contributed by atoms with Gasteiger partial charge >= 0.3 is 0 Å². The minimum absolute atomic E-state index is 0.0678. The highest BCUT2D eigenvalue weighted by Gasteiger charge is 2.22. The van der Waals surface area contributed by atoms with Crippen LogP contribution in [0.1, 0.15) is 50.0 Å². The molecule has 0 saturated carbocycles. The molecule has 2 saturated heterocycles. The van der Waals surface area contributed by atoms with Crippen LogP contribution in [0.3, 0.4) is 0 Å². The number of pyridine rings is 1. The number of aromatic nitrogens is 1. The number of hydrogen-bond donors (Lipinski definition) is 2. The number of phenols is 1. The topological polar surface area (TPSA) is 84.1 Å². The Hall–Kier alpha value is -2.26. The Morgan fingerprint density at radius 1 is 0.970 bits per heavy atom. The molecule has 0 bridgehead atoms. The number of aromatic hydroxyl groups is 1. The number of nitrogen functional groups attached to an aromatic ring is 1. The van der Waals surface area contributed by atoms with Crippen molar-refractivity contribution in [1.82, 2.24) is 14.8 Å². The predicted molar refractivity (Wildman–Crippen MR) is 128 cm³/mol. The van der Waals surface area contributed by atoms with E-state index in [4.69, 9.17) is 15.2 Å². The summed E-state index contributed by atoms with van der Waals surface area (Å²) in [6, 6.07) is 8.25. The highest BCUT2D eigenvalue weighted by Crippen LogP contribution is 2.26. The summed E-state index contributed by atoms with van der Waals surface area (Å²) >= 11 is 0.